The van der Waals surface area contributed by atoms with Crippen molar-refractivity contribution >= 4 is 17.4 Å². The van der Waals surface area contributed by atoms with E-state index in [9.17, 15) is 0 Å². The summed E-state index contributed by atoms with van der Waals surface area (Å²) in [6, 6.07) is 19.2. The molecule has 0 amide bonds. The minimum Gasteiger partial charge on any atom is -0.489 e. The van der Waals surface area contributed by atoms with E-state index in [1.165, 1.54) is 0 Å². The second kappa shape index (κ2) is 8.10. The van der Waals surface area contributed by atoms with Crippen molar-refractivity contribution in [3.8, 4) is 17.0 Å². The van der Waals surface area contributed by atoms with Gasteiger partial charge in [-0.1, -0.05) is 41.1 Å². The number of nitrogens with two attached hydrogens (primary N) is 1. The molecule has 7 heteroatoms. The third-order valence-corrected chi connectivity index (χ3v) is 4.49. The number of aromatic nitrogens is 4. The first-order valence-electron chi connectivity index (χ1n) is 8.74. The van der Waals surface area contributed by atoms with Gasteiger partial charge < -0.3 is 10.5 Å². The number of anilines is 1. The van der Waals surface area contributed by atoms with Gasteiger partial charge in [0.1, 0.15) is 23.9 Å². The van der Waals surface area contributed by atoms with Gasteiger partial charge in [0.15, 0.2) is 0 Å². The van der Waals surface area contributed by atoms with Crippen LogP contribution in [0.1, 0.15) is 11.1 Å². The van der Waals surface area contributed by atoms with Gasteiger partial charge >= 0.3 is 0 Å². The monoisotopic (exact) mass is 391 g/mol. The van der Waals surface area contributed by atoms with Gasteiger partial charge in [-0.25, -0.2) is 9.67 Å². The highest BCUT2D eigenvalue weighted by Gasteiger charge is 2.08. The average Bonchev–Trinajstić information content (AvgIpc) is 3.17. The highest BCUT2D eigenvalue weighted by atomic mass is 35.5. The first kappa shape index (κ1) is 18.0. The Morgan fingerprint density at radius 2 is 1.71 bits per heavy atom. The molecule has 0 aliphatic heterocycles. The van der Waals surface area contributed by atoms with Crippen LogP contribution in [-0.4, -0.2) is 20.0 Å². The molecule has 2 aromatic heterocycles. The molecular weight excluding hydrogens is 374 g/mol. The van der Waals surface area contributed by atoms with E-state index >= 15 is 0 Å². The third kappa shape index (κ3) is 4.29. The van der Waals surface area contributed by atoms with Gasteiger partial charge in [0.05, 0.1) is 12.7 Å². The zero-order chi connectivity index (χ0) is 19.3. The molecule has 4 aromatic rings. The van der Waals surface area contributed by atoms with Gasteiger partial charge in [-0.15, -0.1) is 5.10 Å². The number of nitrogen functional groups attached to an aromatic ring is 1. The molecular formula is C21H18ClN5O. The molecule has 2 heterocycles. The summed E-state index contributed by atoms with van der Waals surface area (Å²) in [6.45, 7) is 1.10. The van der Waals surface area contributed by atoms with Gasteiger partial charge in [0.25, 0.3) is 0 Å². The molecule has 0 saturated carbocycles. The van der Waals surface area contributed by atoms with Crippen molar-refractivity contribution in [3.05, 3.63) is 89.2 Å². The van der Waals surface area contributed by atoms with Crippen LogP contribution in [-0.2, 0) is 13.2 Å². The molecule has 140 valence electrons. The second-order valence-electron chi connectivity index (χ2n) is 6.30. The van der Waals surface area contributed by atoms with Crippen molar-refractivity contribution in [2.75, 3.05) is 5.73 Å². The highest BCUT2D eigenvalue weighted by Crippen LogP contribution is 2.21. The lowest BCUT2D eigenvalue weighted by Crippen LogP contribution is -2.01. The van der Waals surface area contributed by atoms with Gasteiger partial charge in [-0.3, -0.25) is 0 Å². The SMILES string of the molecule is Nc1ncccc1-c1cn(Cc2ccc(OCc3ccc(Cl)cc3)cc2)nn1. The van der Waals surface area contributed by atoms with Gasteiger partial charge in [0, 0.05) is 16.8 Å². The number of ether oxygens (including phenoxy) is 1. The van der Waals surface area contributed by atoms with Gasteiger partial charge in [-0.05, 0) is 47.5 Å². The fourth-order valence-corrected chi connectivity index (χ4v) is 2.88. The molecule has 28 heavy (non-hydrogen) atoms. The van der Waals surface area contributed by atoms with Crippen molar-refractivity contribution in [2.24, 2.45) is 0 Å². The molecule has 0 unspecified atom stereocenters. The fraction of sp³-hybridized carbons (Fsp3) is 0.0952. The molecule has 0 spiro atoms. The molecule has 6 nitrogen and oxygen atoms in total. The van der Waals surface area contributed by atoms with Crippen molar-refractivity contribution in [1.82, 2.24) is 20.0 Å². The Morgan fingerprint density at radius 1 is 0.964 bits per heavy atom. The molecule has 0 aliphatic carbocycles. The molecule has 0 aliphatic rings. The van der Waals surface area contributed by atoms with E-state index < -0.39 is 0 Å². The first-order valence-corrected chi connectivity index (χ1v) is 9.12. The Kier molecular flexibility index (Phi) is 5.21. The van der Waals surface area contributed by atoms with Crippen LogP contribution >= 0.6 is 11.6 Å². The molecule has 2 aromatic carbocycles. The maximum atomic E-state index is 5.90. The van der Waals surface area contributed by atoms with Crippen LogP contribution < -0.4 is 10.5 Å². The summed E-state index contributed by atoms with van der Waals surface area (Å²) in [5.41, 5.74) is 9.54. The van der Waals surface area contributed by atoms with Crippen molar-refractivity contribution in [1.29, 1.82) is 0 Å². The molecule has 4 rings (SSSR count). The predicted octanol–water partition coefficient (Wildman–Crippen LogP) is 4.20. The molecule has 0 radical (unpaired) electrons. The third-order valence-electron chi connectivity index (χ3n) is 4.24. The highest BCUT2D eigenvalue weighted by molar-refractivity contribution is 6.30. The van der Waals surface area contributed by atoms with E-state index in [2.05, 4.69) is 15.3 Å². The summed E-state index contributed by atoms with van der Waals surface area (Å²) in [5.74, 6) is 1.25. The smallest absolute Gasteiger partial charge is 0.132 e. The lowest BCUT2D eigenvalue weighted by molar-refractivity contribution is 0.306. The molecule has 0 saturated heterocycles. The Hall–Kier alpha value is -3.38. The molecule has 0 bridgehead atoms. The first-order chi connectivity index (χ1) is 13.7. The van der Waals surface area contributed by atoms with Crippen LogP contribution in [0.3, 0.4) is 0 Å². The second-order valence-corrected chi connectivity index (χ2v) is 6.73. The molecule has 0 atom stereocenters. The number of nitrogens with zero attached hydrogens (tertiary/aromatic N) is 4. The maximum absolute atomic E-state index is 5.90. The van der Waals surface area contributed by atoms with Crippen LogP contribution in [0.15, 0.2) is 73.1 Å². The lowest BCUT2D eigenvalue weighted by atomic mass is 10.2. The minimum atomic E-state index is 0.441. The molecule has 2 N–H and O–H groups in total. The zero-order valence-electron chi connectivity index (χ0n) is 15.0. The Morgan fingerprint density at radius 3 is 2.46 bits per heavy atom. The Balaban J connectivity index is 1.38. The summed E-state index contributed by atoms with van der Waals surface area (Å²) in [5, 5.41) is 9.08. The number of benzene rings is 2. The average molecular weight is 392 g/mol. The van der Waals surface area contributed by atoms with E-state index in [0.717, 1.165) is 27.5 Å². The van der Waals surface area contributed by atoms with Crippen LogP contribution in [0.4, 0.5) is 5.82 Å². The van der Waals surface area contributed by atoms with Crippen LogP contribution in [0.5, 0.6) is 5.75 Å². The van der Waals surface area contributed by atoms with E-state index in [-0.39, 0.29) is 0 Å². The minimum absolute atomic E-state index is 0.441. The standard InChI is InChI=1S/C21H18ClN5O/c22-17-7-3-16(4-8-17)14-28-18-9-5-15(6-10-18)12-27-13-20(25-26-27)19-2-1-11-24-21(19)23/h1-11,13H,12,14H2,(H2,23,24). The summed E-state index contributed by atoms with van der Waals surface area (Å²) < 4.78 is 7.58. The maximum Gasteiger partial charge on any atom is 0.132 e. The number of hydrogen-bond donors (Lipinski definition) is 1. The van der Waals surface area contributed by atoms with Crippen LogP contribution in [0.2, 0.25) is 5.02 Å². The summed E-state index contributed by atoms with van der Waals surface area (Å²) in [7, 11) is 0. The quantitative estimate of drug-likeness (QED) is 0.532. The Bertz CT molecular complexity index is 1060. The number of pyridine rings is 1. The topological polar surface area (TPSA) is 78.8 Å². The van der Waals surface area contributed by atoms with Crippen molar-refractivity contribution in [2.45, 2.75) is 13.2 Å². The number of rotatable bonds is 6. The van der Waals surface area contributed by atoms with Crippen molar-refractivity contribution in [3.63, 3.8) is 0 Å². The fourth-order valence-electron chi connectivity index (χ4n) is 2.76. The number of hydrogen-bond acceptors (Lipinski definition) is 5. The molecule has 0 fully saturated rings. The number of halogens is 1. The van der Waals surface area contributed by atoms with Crippen LogP contribution in [0, 0.1) is 0 Å². The lowest BCUT2D eigenvalue weighted by Gasteiger charge is -2.07. The van der Waals surface area contributed by atoms with Crippen molar-refractivity contribution < 1.29 is 4.74 Å². The largest absolute Gasteiger partial charge is 0.489 e. The normalized spacial score (nSPS) is 10.8. The summed E-state index contributed by atoms with van der Waals surface area (Å²) in [4.78, 5) is 4.08. The van der Waals surface area contributed by atoms with Gasteiger partial charge in [-0.2, -0.15) is 0 Å². The Labute approximate surface area is 167 Å². The predicted molar refractivity (Wildman–Crippen MR) is 109 cm³/mol. The van der Waals surface area contributed by atoms with E-state index in [1.54, 1.807) is 10.9 Å². The summed E-state index contributed by atoms with van der Waals surface area (Å²) >= 11 is 5.90. The summed E-state index contributed by atoms with van der Waals surface area (Å²) in [6.07, 6.45) is 3.51. The zero-order valence-corrected chi connectivity index (χ0v) is 15.8. The van der Waals surface area contributed by atoms with Crippen LogP contribution in [0.25, 0.3) is 11.3 Å². The van der Waals surface area contributed by atoms with E-state index in [4.69, 9.17) is 22.1 Å². The van der Waals surface area contributed by atoms with Gasteiger partial charge in [0.2, 0.25) is 0 Å². The van der Waals surface area contributed by atoms with E-state index in [1.807, 2.05) is 66.9 Å². The van der Waals surface area contributed by atoms with E-state index in [0.29, 0.717) is 24.7 Å².